The van der Waals surface area contributed by atoms with Crippen LogP contribution < -0.4 is 5.32 Å². The van der Waals surface area contributed by atoms with Gasteiger partial charge in [-0.15, -0.1) is 0 Å². The number of rotatable bonds is 4. The average Bonchev–Trinajstić information content (AvgIpc) is 2.95. The Kier molecular flexibility index (Phi) is 4.82. The number of carbonyl (C=O) groups excluding carboxylic acids is 1. The van der Waals surface area contributed by atoms with Crippen LogP contribution in [0.1, 0.15) is 44.6 Å². The fraction of sp³-hybridized carbons (Fsp3) is 0.211. The first-order valence-electron chi connectivity index (χ1n) is 8.14. The zero-order valence-electron chi connectivity index (χ0n) is 14.6. The fourth-order valence-electron chi connectivity index (χ4n) is 2.84. The Balaban J connectivity index is 2.08. The lowest BCUT2D eigenvalue weighted by Crippen LogP contribution is -2.17. The molecular weight excluding hydrogens is 398 g/mol. The zero-order chi connectivity index (χ0) is 19.0. The summed E-state index contributed by atoms with van der Waals surface area (Å²) >= 11 is 3.50. The van der Waals surface area contributed by atoms with Gasteiger partial charge in [0.1, 0.15) is 5.69 Å². The summed E-state index contributed by atoms with van der Waals surface area (Å²) in [5.74, 6) is -1.36. The molecule has 3 rings (SSSR count). The number of nitrogens with zero attached hydrogens (tertiary/aromatic N) is 2. The highest BCUT2D eigenvalue weighted by Crippen LogP contribution is 2.24. The van der Waals surface area contributed by atoms with Crippen molar-refractivity contribution in [2.75, 3.05) is 5.32 Å². The predicted octanol–water partition coefficient (Wildman–Crippen LogP) is 4.23. The lowest BCUT2D eigenvalue weighted by atomic mass is 10.1. The number of carboxylic acids is 1. The summed E-state index contributed by atoms with van der Waals surface area (Å²) in [6, 6.07) is 6.60. The Labute approximate surface area is 159 Å². The monoisotopic (exact) mass is 415 g/mol. The number of nitrogens with one attached hydrogen (secondary N) is 1. The van der Waals surface area contributed by atoms with Crippen molar-refractivity contribution in [2.24, 2.45) is 0 Å². The van der Waals surface area contributed by atoms with Crippen molar-refractivity contribution in [3.63, 3.8) is 0 Å². The van der Waals surface area contributed by atoms with Gasteiger partial charge in [0.2, 0.25) is 0 Å². The minimum absolute atomic E-state index is 0.123. The first kappa shape index (κ1) is 18.1. The number of aryl methyl sites for hydroxylation is 3. The van der Waals surface area contributed by atoms with Crippen LogP contribution in [0.3, 0.4) is 0 Å². The topological polar surface area (TPSA) is 83.7 Å². The third-order valence-corrected chi connectivity index (χ3v) is 4.75. The molecule has 134 valence electrons. The van der Waals surface area contributed by atoms with E-state index < -0.39 is 5.97 Å². The van der Waals surface area contributed by atoms with Crippen LogP contribution in [0.4, 0.5) is 5.69 Å². The van der Waals surface area contributed by atoms with Gasteiger partial charge in [-0.25, -0.2) is 9.78 Å². The number of aromatic nitrogens is 2. The number of hydrogen-bond donors (Lipinski definition) is 2. The Morgan fingerprint density at radius 3 is 2.65 bits per heavy atom. The number of aromatic carboxylic acids is 1. The fourth-order valence-corrected chi connectivity index (χ4v) is 3.48. The van der Waals surface area contributed by atoms with Gasteiger partial charge in [-0.3, -0.25) is 9.20 Å². The van der Waals surface area contributed by atoms with Crippen molar-refractivity contribution in [1.29, 1.82) is 0 Å². The first-order chi connectivity index (χ1) is 12.3. The molecule has 1 amide bonds. The standard InChI is InChI=1S/C19H18BrN3O3/c1-4-14-16(23-9-10(2)7-13(20)17(23)21-14)18(24)22-15-8-12(19(25)26)6-5-11(15)3/h5-9H,4H2,1-3H3,(H,22,24)(H,25,26). The summed E-state index contributed by atoms with van der Waals surface area (Å²) in [6.07, 6.45) is 2.46. The van der Waals surface area contributed by atoms with E-state index in [9.17, 15) is 14.7 Å². The van der Waals surface area contributed by atoms with Crippen LogP contribution in [0.2, 0.25) is 0 Å². The largest absolute Gasteiger partial charge is 0.478 e. The number of carbonyl (C=O) groups is 2. The molecule has 0 atom stereocenters. The average molecular weight is 416 g/mol. The molecule has 1 aromatic carbocycles. The second kappa shape index (κ2) is 6.92. The SMILES string of the molecule is CCc1nc2c(Br)cc(C)cn2c1C(=O)Nc1cc(C(=O)O)ccc1C. The molecule has 2 heterocycles. The minimum Gasteiger partial charge on any atom is -0.478 e. The summed E-state index contributed by atoms with van der Waals surface area (Å²) in [5.41, 5.74) is 4.17. The molecule has 0 unspecified atom stereocenters. The number of halogens is 1. The minimum atomic E-state index is -1.04. The molecule has 0 aliphatic heterocycles. The first-order valence-corrected chi connectivity index (χ1v) is 8.93. The van der Waals surface area contributed by atoms with E-state index in [1.54, 1.807) is 10.5 Å². The second-order valence-electron chi connectivity index (χ2n) is 6.11. The van der Waals surface area contributed by atoms with E-state index in [1.807, 2.05) is 33.0 Å². The van der Waals surface area contributed by atoms with Crippen LogP contribution in [0.5, 0.6) is 0 Å². The van der Waals surface area contributed by atoms with Crippen LogP contribution in [-0.2, 0) is 6.42 Å². The molecule has 0 saturated carbocycles. The third-order valence-electron chi connectivity index (χ3n) is 4.17. The maximum Gasteiger partial charge on any atom is 0.335 e. The summed E-state index contributed by atoms with van der Waals surface area (Å²) in [6.45, 7) is 5.70. The number of hydrogen-bond acceptors (Lipinski definition) is 3. The normalized spacial score (nSPS) is 10.9. The van der Waals surface area contributed by atoms with E-state index in [0.717, 1.165) is 15.6 Å². The highest BCUT2D eigenvalue weighted by molar-refractivity contribution is 9.10. The van der Waals surface area contributed by atoms with Crippen LogP contribution in [-0.4, -0.2) is 26.4 Å². The van der Waals surface area contributed by atoms with E-state index in [0.29, 0.717) is 29.1 Å². The highest BCUT2D eigenvalue weighted by atomic mass is 79.9. The second-order valence-corrected chi connectivity index (χ2v) is 6.96. The highest BCUT2D eigenvalue weighted by Gasteiger charge is 2.21. The molecule has 0 aliphatic carbocycles. The molecule has 0 fully saturated rings. The summed E-state index contributed by atoms with van der Waals surface area (Å²) in [5, 5.41) is 12.0. The molecule has 2 aromatic heterocycles. The number of benzene rings is 1. The number of anilines is 1. The van der Waals surface area contributed by atoms with Crippen molar-refractivity contribution in [1.82, 2.24) is 9.38 Å². The van der Waals surface area contributed by atoms with Crippen molar-refractivity contribution in [3.05, 3.63) is 63.0 Å². The molecule has 0 aliphatic rings. The maximum absolute atomic E-state index is 13.0. The number of fused-ring (bicyclic) bond motifs is 1. The lowest BCUT2D eigenvalue weighted by Gasteiger charge is -2.10. The lowest BCUT2D eigenvalue weighted by molar-refractivity contribution is 0.0696. The Morgan fingerprint density at radius 1 is 1.27 bits per heavy atom. The van der Waals surface area contributed by atoms with Crippen LogP contribution in [0, 0.1) is 13.8 Å². The molecule has 3 aromatic rings. The van der Waals surface area contributed by atoms with E-state index in [4.69, 9.17) is 0 Å². The van der Waals surface area contributed by atoms with Gasteiger partial charge in [0.05, 0.1) is 15.7 Å². The molecule has 0 bridgehead atoms. The van der Waals surface area contributed by atoms with Gasteiger partial charge in [0.15, 0.2) is 5.65 Å². The molecule has 7 heteroatoms. The molecule has 0 radical (unpaired) electrons. The smallest absolute Gasteiger partial charge is 0.335 e. The van der Waals surface area contributed by atoms with E-state index in [-0.39, 0.29) is 11.5 Å². The van der Waals surface area contributed by atoms with Gasteiger partial charge in [-0.05, 0) is 65.5 Å². The van der Waals surface area contributed by atoms with Crippen LogP contribution in [0.25, 0.3) is 5.65 Å². The van der Waals surface area contributed by atoms with Gasteiger partial charge in [0.25, 0.3) is 5.91 Å². The van der Waals surface area contributed by atoms with E-state index >= 15 is 0 Å². The molecule has 0 saturated heterocycles. The molecule has 26 heavy (non-hydrogen) atoms. The Hall–Kier alpha value is -2.67. The Morgan fingerprint density at radius 2 is 2.00 bits per heavy atom. The van der Waals surface area contributed by atoms with Crippen LogP contribution >= 0.6 is 15.9 Å². The molecule has 0 spiro atoms. The van der Waals surface area contributed by atoms with Crippen LogP contribution in [0.15, 0.2) is 34.9 Å². The van der Waals surface area contributed by atoms with E-state index in [1.165, 1.54) is 12.1 Å². The van der Waals surface area contributed by atoms with Gasteiger partial charge in [0, 0.05) is 11.9 Å². The quantitative estimate of drug-likeness (QED) is 0.667. The van der Waals surface area contributed by atoms with Crippen molar-refractivity contribution in [2.45, 2.75) is 27.2 Å². The predicted molar refractivity (Wildman–Crippen MR) is 103 cm³/mol. The Bertz CT molecular complexity index is 1040. The van der Waals surface area contributed by atoms with E-state index in [2.05, 4.69) is 26.2 Å². The number of carboxylic acid groups (broad SMARTS) is 1. The van der Waals surface area contributed by atoms with Gasteiger partial charge in [-0.2, -0.15) is 0 Å². The molecule has 2 N–H and O–H groups in total. The number of amides is 1. The summed E-state index contributed by atoms with van der Waals surface area (Å²) in [7, 11) is 0. The molecule has 6 nitrogen and oxygen atoms in total. The number of imidazole rings is 1. The van der Waals surface area contributed by atoms with Crippen molar-refractivity contribution >= 4 is 39.1 Å². The van der Waals surface area contributed by atoms with Crippen molar-refractivity contribution in [3.8, 4) is 0 Å². The summed E-state index contributed by atoms with van der Waals surface area (Å²) < 4.78 is 2.58. The number of pyridine rings is 1. The van der Waals surface area contributed by atoms with Gasteiger partial charge >= 0.3 is 5.97 Å². The third kappa shape index (κ3) is 3.22. The maximum atomic E-state index is 13.0. The van der Waals surface area contributed by atoms with Gasteiger partial charge in [-0.1, -0.05) is 13.0 Å². The zero-order valence-corrected chi connectivity index (χ0v) is 16.2. The van der Waals surface area contributed by atoms with Gasteiger partial charge < -0.3 is 10.4 Å². The van der Waals surface area contributed by atoms with Crippen molar-refractivity contribution < 1.29 is 14.7 Å². The summed E-state index contributed by atoms with van der Waals surface area (Å²) in [4.78, 5) is 28.8. The molecular formula is C19H18BrN3O3.